The molecule has 19 heavy (non-hydrogen) atoms. The zero-order chi connectivity index (χ0) is 13.1. The molecule has 1 atom stereocenters. The normalized spacial score (nSPS) is 18.3. The molecule has 0 saturated carbocycles. The lowest BCUT2D eigenvalue weighted by atomic mass is 10.3. The van der Waals surface area contributed by atoms with Crippen LogP contribution in [-0.2, 0) is 0 Å². The van der Waals surface area contributed by atoms with Crippen molar-refractivity contribution in [3.63, 3.8) is 0 Å². The maximum Gasteiger partial charge on any atom is 0.282 e. The van der Waals surface area contributed by atoms with Crippen LogP contribution in [0.5, 0.6) is 0 Å². The number of benzene rings is 2. The molecule has 1 heterocycles. The fourth-order valence-electron chi connectivity index (χ4n) is 1.88. The first-order valence-corrected chi connectivity index (χ1v) is 6.04. The van der Waals surface area contributed by atoms with Crippen molar-refractivity contribution in [2.24, 2.45) is 0 Å². The molecule has 5 nitrogen and oxygen atoms in total. The van der Waals surface area contributed by atoms with E-state index >= 15 is 0 Å². The number of hydrazine groups is 2. The van der Waals surface area contributed by atoms with Crippen LogP contribution in [0.3, 0.4) is 0 Å². The third-order valence-corrected chi connectivity index (χ3v) is 2.81. The van der Waals surface area contributed by atoms with E-state index in [0.717, 1.165) is 11.4 Å². The van der Waals surface area contributed by atoms with Crippen molar-refractivity contribution in [2.75, 3.05) is 10.4 Å². The van der Waals surface area contributed by atoms with Crippen molar-refractivity contribution in [3.8, 4) is 0 Å². The molecule has 0 aliphatic carbocycles. The first-order valence-electron chi connectivity index (χ1n) is 6.04. The summed E-state index contributed by atoms with van der Waals surface area (Å²) in [5.41, 5.74) is 7.67. The Balaban J connectivity index is 1.79. The van der Waals surface area contributed by atoms with Crippen LogP contribution in [0.15, 0.2) is 60.7 Å². The van der Waals surface area contributed by atoms with Crippen LogP contribution in [-0.4, -0.2) is 17.4 Å². The van der Waals surface area contributed by atoms with Crippen LogP contribution >= 0.6 is 0 Å². The van der Waals surface area contributed by atoms with Gasteiger partial charge in [0.15, 0.2) is 0 Å². The van der Waals surface area contributed by atoms with Gasteiger partial charge in [-0.05, 0) is 24.3 Å². The predicted molar refractivity (Wildman–Crippen MR) is 72.2 cm³/mol. The van der Waals surface area contributed by atoms with Gasteiger partial charge in [0.2, 0.25) is 0 Å². The van der Waals surface area contributed by atoms with Gasteiger partial charge in [0.05, 0.1) is 5.69 Å². The van der Waals surface area contributed by atoms with Crippen molar-refractivity contribution >= 4 is 17.7 Å². The fourth-order valence-corrected chi connectivity index (χ4v) is 1.88. The molecule has 0 aromatic heterocycles. The second kappa shape index (κ2) is 5.09. The molecule has 1 unspecified atom stereocenters. The quantitative estimate of drug-likeness (QED) is 0.793. The van der Waals surface area contributed by atoms with E-state index in [2.05, 4.69) is 10.9 Å². The Morgan fingerprint density at radius 3 is 2.32 bits per heavy atom. The Labute approximate surface area is 111 Å². The highest BCUT2D eigenvalue weighted by Gasteiger charge is 2.24. The Bertz CT molecular complexity index is 571. The Kier molecular flexibility index (Phi) is 3.14. The maximum absolute atomic E-state index is 11.9. The number of hydrogen-bond acceptors (Lipinski definition) is 4. The molecule has 0 saturated heterocycles. The van der Waals surface area contributed by atoms with Crippen molar-refractivity contribution in [1.29, 1.82) is 0 Å². The summed E-state index contributed by atoms with van der Waals surface area (Å²) >= 11 is 0. The maximum atomic E-state index is 11.9. The van der Waals surface area contributed by atoms with Gasteiger partial charge in [-0.15, -0.1) is 10.4 Å². The van der Waals surface area contributed by atoms with Gasteiger partial charge in [0, 0.05) is 0 Å². The molecule has 0 radical (unpaired) electrons. The van der Waals surface area contributed by atoms with Gasteiger partial charge in [-0.2, -0.15) is 4.68 Å². The molecule has 96 valence electrons. The SMILES string of the molecule is [O-]C1NN(c2ccccc2)C=[N+]1Nc1ccccc1. The van der Waals surface area contributed by atoms with E-state index in [-0.39, 0.29) is 0 Å². The van der Waals surface area contributed by atoms with Crippen LogP contribution in [0.1, 0.15) is 0 Å². The van der Waals surface area contributed by atoms with Gasteiger partial charge < -0.3 is 5.11 Å². The third-order valence-electron chi connectivity index (χ3n) is 2.81. The van der Waals surface area contributed by atoms with Crippen LogP contribution in [0.4, 0.5) is 11.4 Å². The summed E-state index contributed by atoms with van der Waals surface area (Å²) in [6, 6.07) is 19.2. The minimum Gasteiger partial charge on any atom is -0.801 e. The van der Waals surface area contributed by atoms with Gasteiger partial charge in [0.25, 0.3) is 6.34 Å². The predicted octanol–water partition coefficient (Wildman–Crippen LogP) is 0.723. The summed E-state index contributed by atoms with van der Waals surface area (Å²) in [6.45, 7) is 0. The van der Waals surface area contributed by atoms with Crippen molar-refractivity contribution in [3.05, 3.63) is 60.7 Å². The monoisotopic (exact) mass is 254 g/mol. The Morgan fingerprint density at radius 1 is 1.00 bits per heavy atom. The van der Waals surface area contributed by atoms with E-state index in [1.165, 1.54) is 4.68 Å². The summed E-state index contributed by atoms with van der Waals surface area (Å²) in [5.74, 6) is 0. The first kappa shape index (κ1) is 11.7. The smallest absolute Gasteiger partial charge is 0.282 e. The highest BCUT2D eigenvalue weighted by molar-refractivity contribution is 5.75. The first-order chi connectivity index (χ1) is 9.33. The summed E-state index contributed by atoms with van der Waals surface area (Å²) in [5, 5.41) is 13.6. The van der Waals surface area contributed by atoms with Crippen molar-refractivity contribution in [1.82, 2.24) is 5.43 Å². The second-order valence-corrected chi connectivity index (χ2v) is 4.19. The van der Waals surface area contributed by atoms with Crippen LogP contribution in [0.2, 0.25) is 0 Å². The molecule has 0 spiro atoms. The van der Waals surface area contributed by atoms with E-state index in [1.54, 1.807) is 11.3 Å². The fraction of sp³-hybridized carbons (Fsp3) is 0.0714. The van der Waals surface area contributed by atoms with Gasteiger partial charge in [-0.3, -0.25) is 0 Å². The zero-order valence-electron chi connectivity index (χ0n) is 10.2. The molecule has 2 aromatic rings. The minimum atomic E-state index is -1.07. The van der Waals surface area contributed by atoms with E-state index in [9.17, 15) is 5.11 Å². The Morgan fingerprint density at radius 2 is 1.63 bits per heavy atom. The molecule has 0 bridgehead atoms. The number of nitrogens with zero attached hydrogens (tertiary/aromatic N) is 2. The molecule has 0 amide bonds. The van der Waals surface area contributed by atoms with Gasteiger partial charge in [0.1, 0.15) is 12.0 Å². The molecule has 2 N–H and O–H groups in total. The number of hydrogen-bond donors (Lipinski definition) is 2. The largest absolute Gasteiger partial charge is 0.801 e. The molecule has 0 fully saturated rings. The zero-order valence-corrected chi connectivity index (χ0v) is 10.2. The molecule has 3 rings (SSSR count). The Hall–Kier alpha value is -2.37. The van der Waals surface area contributed by atoms with Crippen LogP contribution < -0.4 is 21.0 Å². The molecule has 1 aliphatic heterocycles. The molecular weight excluding hydrogens is 240 g/mol. The van der Waals surface area contributed by atoms with Gasteiger partial charge in [-0.25, -0.2) is 5.43 Å². The van der Waals surface area contributed by atoms with Crippen molar-refractivity contribution < 1.29 is 9.79 Å². The molecule has 1 aliphatic rings. The van der Waals surface area contributed by atoms with Crippen molar-refractivity contribution in [2.45, 2.75) is 6.35 Å². The number of anilines is 2. The third kappa shape index (κ3) is 2.57. The topological polar surface area (TPSA) is 53.4 Å². The van der Waals surface area contributed by atoms with E-state index in [0.29, 0.717) is 0 Å². The lowest BCUT2D eigenvalue weighted by molar-refractivity contribution is -0.709. The van der Waals surface area contributed by atoms with E-state index in [4.69, 9.17) is 0 Å². The lowest BCUT2D eigenvalue weighted by Crippen LogP contribution is -2.49. The van der Waals surface area contributed by atoms with E-state index in [1.807, 2.05) is 60.7 Å². The highest BCUT2D eigenvalue weighted by Crippen LogP contribution is 2.12. The second-order valence-electron chi connectivity index (χ2n) is 4.19. The molecular formula is C14H14N4O. The van der Waals surface area contributed by atoms with Crippen LogP contribution in [0, 0.1) is 0 Å². The summed E-state index contributed by atoms with van der Waals surface area (Å²) in [6.07, 6.45) is 0.639. The molecule has 5 heteroatoms. The van der Waals surface area contributed by atoms with Crippen LogP contribution in [0.25, 0.3) is 0 Å². The summed E-state index contributed by atoms with van der Waals surface area (Å²) in [4.78, 5) is 0. The number of hydrazone groups is 1. The standard InChI is InChI=1S/C14H14N4O/c19-14-16-17(13-9-5-2-6-10-13)11-18(14)15-12-7-3-1-4-8-12/h1-11,14-16H. The van der Waals surface area contributed by atoms with Gasteiger partial charge in [-0.1, -0.05) is 36.4 Å². The average molecular weight is 254 g/mol. The van der Waals surface area contributed by atoms with Gasteiger partial charge >= 0.3 is 0 Å². The number of para-hydroxylation sites is 2. The summed E-state index contributed by atoms with van der Waals surface area (Å²) in [7, 11) is 0. The average Bonchev–Trinajstić information content (AvgIpc) is 2.82. The van der Waals surface area contributed by atoms with E-state index < -0.39 is 6.35 Å². The number of rotatable bonds is 3. The molecule has 2 aromatic carbocycles. The highest BCUT2D eigenvalue weighted by atomic mass is 16.3. The summed E-state index contributed by atoms with van der Waals surface area (Å²) < 4.78 is 1.49. The lowest BCUT2D eigenvalue weighted by Gasteiger charge is -2.17. The number of nitrogens with one attached hydrogen (secondary N) is 2. The minimum absolute atomic E-state index is 0.872.